The summed E-state index contributed by atoms with van der Waals surface area (Å²) in [5.41, 5.74) is -3.53. The Labute approximate surface area is 222 Å². The van der Waals surface area contributed by atoms with Gasteiger partial charge in [-0.15, -0.1) is 0 Å². The molecule has 0 spiro atoms. The fourth-order valence-corrected chi connectivity index (χ4v) is 3.85. The average molecular weight is 560 g/mol. The Bertz CT molecular complexity index is 1550. The van der Waals surface area contributed by atoms with Gasteiger partial charge in [-0.05, 0) is 31.2 Å². The van der Waals surface area contributed by atoms with Crippen LogP contribution in [-0.2, 0) is 14.2 Å². The van der Waals surface area contributed by atoms with Gasteiger partial charge >= 0.3 is 17.9 Å². The number of rotatable bonds is 2. The van der Waals surface area contributed by atoms with E-state index in [-0.39, 0.29) is 0 Å². The monoisotopic (exact) mass is 560 g/mol. The SMILES string of the molecule is C[C@@H]1OC(=O)c2cc(O)c(O)c(O)c2-c2c(cc(O)c(O)c2O)C(=O)OCC1OC(=O)c1cc(O)c(O)c(O)c1. The van der Waals surface area contributed by atoms with Crippen LogP contribution in [0, 0.1) is 0 Å². The summed E-state index contributed by atoms with van der Waals surface area (Å²) in [4.78, 5) is 38.9. The summed E-state index contributed by atoms with van der Waals surface area (Å²) in [6.45, 7) is 0.380. The summed E-state index contributed by atoms with van der Waals surface area (Å²) in [5.74, 6) is -13.4. The van der Waals surface area contributed by atoms with Gasteiger partial charge in [0.25, 0.3) is 0 Å². The molecule has 15 heteroatoms. The van der Waals surface area contributed by atoms with Crippen LogP contribution in [0.3, 0.4) is 0 Å². The van der Waals surface area contributed by atoms with E-state index in [1.807, 2.05) is 0 Å². The second-order valence-electron chi connectivity index (χ2n) is 8.55. The first kappa shape index (κ1) is 27.3. The van der Waals surface area contributed by atoms with Crippen LogP contribution >= 0.6 is 0 Å². The number of hydrogen-bond donors (Lipinski definition) is 9. The molecule has 0 bridgehead atoms. The highest BCUT2D eigenvalue weighted by Crippen LogP contribution is 2.52. The normalized spacial score (nSPS) is 17.0. The Kier molecular flexibility index (Phi) is 6.73. The molecule has 210 valence electrons. The lowest BCUT2D eigenvalue weighted by molar-refractivity contribution is -0.0521. The van der Waals surface area contributed by atoms with Crippen LogP contribution in [0.5, 0.6) is 51.7 Å². The molecule has 2 atom stereocenters. The third-order valence-corrected chi connectivity index (χ3v) is 5.96. The number of esters is 3. The molecule has 40 heavy (non-hydrogen) atoms. The molecule has 0 radical (unpaired) electrons. The van der Waals surface area contributed by atoms with Gasteiger partial charge in [-0.1, -0.05) is 0 Å². The zero-order chi connectivity index (χ0) is 29.6. The highest BCUT2D eigenvalue weighted by Gasteiger charge is 2.36. The second kappa shape index (κ2) is 9.86. The highest BCUT2D eigenvalue weighted by molar-refractivity contribution is 6.08. The second-order valence-corrected chi connectivity index (χ2v) is 8.55. The van der Waals surface area contributed by atoms with Gasteiger partial charge in [0, 0.05) is 11.1 Å². The van der Waals surface area contributed by atoms with Gasteiger partial charge in [-0.3, -0.25) is 0 Å². The van der Waals surface area contributed by atoms with E-state index in [2.05, 4.69) is 0 Å². The number of phenols is 9. The Morgan fingerprint density at radius 3 is 1.65 bits per heavy atom. The maximum atomic E-state index is 13.2. The summed E-state index contributed by atoms with van der Waals surface area (Å²) in [7, 11) is 0. The van der Waals surface area contributed by atoms with Crippen molar-refractivity contribution in [1.82, 2.24) is 0 Å². The number of benzene rings is 3. The number of carbonyl (C=O) groups excluding carboxylic acids is 3. The van der Waals surface area contributed by atoms with Crippen LogP contribution in [0.25, 0.3) is 11.1 Å². The van der Waals surface area contributed by atoms with E-state index in [0.717, 1.165) is 12.1 Å². The molecule has 3 aromatic carbocycles. The number of cyclic esters (lactones) is 2. The molecule has 0 aromatic heterocycles. The zero-order valence-corrected chi connectivity index (χ0v) is 20.1. The lowest BCUT2D eigenvalue weighted by Crippen LogP contribution is -2.37. The van der Waals surface area contributed by atoms with Crippen molar-refractivity contribution < 1.29 is 74.6 Å². The van der Waals surface area contributed by atoms with Gasteiger partial charge in [0.2, 0.25) is 11.5 Å². The summed E-state index contributed by atoms with van der Waals surface area (Å²) in [6.07, 6.45) is -3.02. The molecule has 0 amide bonds. The molecule has 0 saturated heterocycles. The Morgan fingerprint density at radius 2 is 1.15 bits per heavy atom. The van der Waals surface area contributed by atoms with Crippen molar-refractivity contribution in [2.45, 2.75) is 19.1 Å². The van der Waals surface area contributed by atoms with Gasteiger partial charge in [0.15, 0.2) is 46.4 Å². The molecule has 3 aromatic rings. The van der Waals surface area contributed by atoms with Gasteiger partial charge < -0.3 is 60.2 Å². The van der Waals surface area contributed by atoms with Crippen molar-refractivity contribution in [2.24, 2.45) is 0 Å². The molecular weight excluding hydrogens is 540 g/mol. The first-order valence-corrected chi connectivity index (χ1v) is 11.1. The fourth-order valence-electron chi connectivity index (χ4n) is 3.85. The van der Waals surface area contributed by atoms with Crippen molar-refractivity contribution >= 4 is 17.9 Å². The minimum absolute atomic E-state index is 0.460. The lowest BCUT2D eigenvalue weighted by atomic mass is 9.92. The summed E-state index contributed by atoms with van der Waals surface area (Å²) >= 11 is 0. The summed E-state index contributed by atoms with van der Waals surface area (Å²) < 4.78 is 15.7. The number of phenolic OH excluding ortho intramolecular Hbond substituents is 9. The Morgan fingerprint density at radius 1 is 0.700 bits per heavy atom. The number of aromatic hydroxyl groups is 9. The molecule has 15 nitrogen and oxygen atoms in total. The van der Waals surface area contributed by atoms with E-state index in [9.17, 15) is 60.3 Å². The third kappa shape index (κ3) is 4.55. The molecule has 4 rings (SSSR count). The largest absolute Gasteiger partial charge is 0.504 e. The van der Waals surface area contributed by atoms with Gasteiger partial charge in [-0.25, -0.2) is 14.4 Å². The standard InChI is InChI=1S/C25H20O15/c1-7-15(40-23(35)8-2-11(26)18(30)12(27)3-8)6-38-24(36)9-4-13(28)19(31)21(33)16(9)17-10(25(37)39-7)5-14(29)20(32)22(17)34/h2-5,7,15,26-34H,6H2,1H3/t7-,15?/m0/s1. The molecule has 0 saturated carbocycles. The molecule has 1 heterocycles. The maximum absolute atomic E-state index is 13.2. The van der Waals surface area contributed by atoms with Crippen LogP contribution in [0.4, 0.5) is 0 Å². The topological polar surface area (TPSA) is 261 Å². The van der Waals surface area contributed by atoms with E-state index in [4.69, 9.17) is 14.2 Å². The predicted molar refractivity (Wildman–Crippen MR) is 128 cm³/mol. The van der Waals surface area contributed by atoms with E-state index in [1.165, 1.54) is 6.92 Å². The van der Waals surface area contributed by atoms with Crippen LogP contribution in [-0.4, -0.2) is 82.7 Å². The molecule has 1 aliphatic rings. The van der Waals surface area contributed by atoms with Crippen molar-refractivity contribution in [3.63, 3.8) is 0 Å². The van der Waals surface area contributed by atoms with Crippen molar-refractivity contribution in [2.75, 3.05) is 6.61 Å². The summed E-state index contributed by atoms with van der Waals surface area (Å²) in [5, 5.41) is 90.2. The lowest BCUT2D eigenvalue weighted by Gasteiger charge is -2.24. The fraction of sp³-hybridized carbons (Fsp3) is 0.160. The highest BCUT2D eigenvalue weighted by atomic mass is 16.6. The number of carbonyl (C=O) groups is 3. The first-order chi connectivity index (χ1) is 18.7. The van der Waals surface area contributed by atoms with E-state index in [0.29, 0.717) is 12.1 Å². The van der Waals surface area contributed by atoms with E-state index < -0.39 is 116 Å². The predicted octanol–water partition coefficient (Wildman–Crippen LogP) is 1.65. The average Bonchev–Trinajstić information content (AvgIpc) is 2.91. The Balaban J connectivity index is 1.85. The van der Waals surface area contributed by atoms with Gasteiger partial charge in [0.05, 0.1) is 16.7 Å². The van der Waals surface area contributed by atoms with E-state index >= 15 is 0 Å². The molecule has 1 unspecified atom stereocenters. The van der Waals surface area contributed by atoms with Crippen molar-refractivity contribution in [3.8, 4) is 62.9 Å². The van der Waals surface area contributed by atoms with E-state index in [1.54, 1.807) is 0 Å². The minimum Gasteiger partial charge on any atom is -0.504 e. The zero-order valence-electron chi connectivity index (χ0n) is 20.1. The van der Waals surface area contributed by atoms with Crippen LogP contribution in [0.1, 0.15) is 38.0 Å². The Hall–Kier alpha value is -5.73. The van der Waals surface area contributed by atoms with Crippen LogP contribution < -0.4 is 0 Å². The molecule has 0 aliphatic carbocycles. The molecule has 9 N–H and O–H groups in total. The molecule has 0 fully saturated rings. The number of hydrogen-bond acceptors (Lipinski definition) is 15. The minimum atomic E-state index is -1.58. The van der Waals surface area contributed by atoms with Gasteiger partial charge in [-0.2, -0.15) is 0 Å². The van der Waals surface area contributed by atoms with Crippen LogP contribution in [0.15, 0.2) is 24.3 Å². The molecule has 1 aliphatic heterocycles. The maximum Gasteiger partial charge on any atom is 0.339 e. The van der Waals surface area contributed by atoms with Gasteiger partial charge in [0.1, 0.15) is 12.7 Å². The quantitative estimate of drug-likeness (QED) is 0.123. The third-order valence-electron chi connectivity index (χ3n) is 5.96. The van der Waals surface area contributed by atoms with Crippen molar-refractivity contribution in [3.05, 3.63) is 41.0 Å². The molecular formula is C25H20O15. The van der Waals surface area contributed by atoms with Crippen molar-refractivity contribution in [1.29, 1.82) is 0 Å². The first-order valence-electron chi connectivity index (χ1n) is 11.1. The smallest absolute Gasteiger partial charge is 0.339 e. The summed E-state index contributed by atoms with van der Waals surface area (Å²) in [6, 6.07) is 2.76. The van der Waals surface area contributed by atoms with Crippen LogP contribution in [0.2, 0.25) is 0 Å². The number of ether oxygens (including phenoxy) is 3. The number of fused-ring (bicyclic) bond motifs is 3.